The molecule has 0 amide bonds. The molecule has 3 rings (SSSR count). The van der Waals surface area contributed by atoms with Crippen LogP contribution in [-0.2, 0) is 5.41 Å². The topological polar surface area (TPSA) is 0 Å². The van der Waals surface area contributed by atoms with Gasteiger partial charge < -0.3 is 0 Å². The Morgan fingerprint density at radius 3 is 2.30 bits per heavy atom. The molecule has 2 aromatic carbocycles. The Bertz CT molecular complexity index is 663. The molecule has 0 spiro atoms. The third kappa shape index (κ3) is 2.36. The maximum atomic E-state index is 13.3. The lowest BCUT2D eigenvalue weighted by atomic mass is 9.87. The zero-order chi connectivity index (χ0) is 14.3. The fraction of sp³-hybridized carbons (Fsp3) is 0.222. The molecule has 0 fully saturated rings. The van der Waals surface area contributed by atoms with E-state index >= 15 is 0 Å². The van der Waals surface area contributed by atoms with Crippen molar-refractivity contribution in [2.75, 3.05) is 0 Å². The summed E-state index contributed by atoms with van der Waals surface area (Å²) in [6, 6.07) is 14.1. The smallest absolute Gasteiger partial charge is 0.126 e. The molecule has 0 saturated carbocycles. The van der Waals surface area contributed by atoms with Gasteiger partial charge in [0.25, 0.3) is 0 Å². The van der Waals surface area contributed by atoms with Crippen LogP contribution in [0.2, 0.25) is 0 Å². The highest BCUT2D eigenvalue weighted by atomic mass is 28.3. The Balaban J connectivity index is 1.95. The van der Waals surface area contributed by atoms with E-state index in [9.17, 15) is 4.39 Å². The van der Waals surface area contributed by atoms with Gasteiger partial charge in [-0.2, -0.15) is 0 Å². The molecule has 20 heavy (non-hydrogen) atoms. The van der Waals surface area contributed by atoms with Gasteiger partial charge in [0, 0.05) is 0 Å². The Hall–Kier alpha value is -1.67. The van der Waals surface area contributed by atoms with E-state index in [1.165, 1.54) is 15.9 Å². The molecule has 1 aliphatic heterocycles. The van der Waals surface area contributed by atoms with Gasteiger partial charge in [0.1, 0.15) is 14.6 Å². The molecule has 1 aliphatic rings. The van der Waals surface area contributed by atoms with Crippen LogP contribution < -0.4 is 10.4 Å². The van der Waals surface area contributed by atoms with Gasteiger partial charge in [0.05, 0.1) is 0 Å². The summed E-state index contributed by atoms with van der Waals surface area (Å²) in [4.78, 5) is 0. The normalized spacial score (nSPS) is 17.3. The van der Waals surface area contributed by atoms with Gasteiger partial charge >= 0.3 is 0 Å². The highest BCUT2D eigenvalue weighted by molar-refractivity contribution is 6.91. The quantitative estimate of drug-likeness (QED) is 0.705. The van der Waals surface area contributed by atoms with Crippen LogP contribution in [0, 0.1) is 5.82 Å². The predicted molar refractivity (Wildman–Crippen MR) is 87.0 cm³/mol. The van der Waals surface area contributed by atoms with E-state index in [-0.39, 0.29) is 11.2 Å². The number of rotatable bonds is 1. The number of hydrogen-bond donors (Lipinski definition) is 0. The third-order valence-corrected chi connectivity index (χ3v) is 6.86. The standard InChI is InChI=1S/C18H19FSi/c1-18(2,3)14-4-7-16(8-5-14)20-11-10-13-12-15(19)6-9-17(13)20/h4-12,20H,1-3H3. The van der Waals surface area contributed by atoms with Crippen molar-refractivity contribution in [3.8, 4) is 0 Å². The van der Waals surface area contributed by atoms with Crippen LogP contribution in [0.25, 0.3) is 6.08 Å². The van der Waals surface area contributed by atoms with E-state index < -0.39 is 8.80 Å². The fourth-order valence-electron chi connectivity index (χ4n) is 2.76. The van der Waals surface area contributed by atoms with Crippen LogP contribution >= 0.6 is 0 Å². The van der Waals surface area contributed by atoms with Crippen LogP contribution in [-0.4, -0.2) is 8.80 Å². The van der Waals surface area contributed by atoms with Crippen molar-refractivity contribution in [1.29, 1.82) is 0 Å². The molecular weight excluding hydrogens is 263 g/mol. The van der Waals surface area contributed by atoms with E-state index in [0.717, 1.165) is 5.56 Å². The number of hydrogen-bond acceptors (Lipinski definition) is 0. The predicted octanol–water partition coefficient (Wildman–Crippen LogP) is 3.03. The summed E-state index contributed by atoms with van der Waals surface area (Å²) < 4.78 is 13.3. The molecule has 2 heteroatoms. The van der Waals surface area contributed by atoms with Crippen molar-refractivity contribution >= 4 is 25.2 Å². The summed E-state index contributed by atoms with van der Waals surface area (Å²) in [7, 11) is -1.28. The van der Waals surface area contributed by atoms with Crippen LogP contribution in [0.1, 0.15) is 31.9 Å². The molecule has 2 aromatic rings. The summed E-state index contributed by atoms with van der Waals surface area (Å²) in [6.07, 6.45) is 2.08. The SMILES string of the molecule is CC(C)(C)c1ccc([SiH]2C=Cc3cc(F)ccc32)cc1. The molecule has 1 unspecified atom stereocenters. The Morgan fingerprint density at radius 1 is 0.950 bits per heavy atom. The lowest BCUT2D eigenvalue weighted by molar-refractivity contribution is 0.590. The minimum absolute atomic E-state index is 0.147. The summed E-state index contributed by atoms with van der Waals surface area (Å²) in [5.74, 6) is -0.147. The van der Waals surface area contributed by atoms with Gasteiger partial charge in [-0.15, -0.1) is 0 Å². The Labute approximate surface area is 121 Å². The zero-order valence-electron chi connectivity index (χ0n) is 12.2. The molecule has 0 bridgehead atoms. The second-order valence-corrected chi connectivity index (χ2v) is 9.11. The van der Waals surface area contributed by atoms with Crippen LogP contribution in [0.15, 0.2) is 48.2 Å². The highest BCUT2D eigenvalue weighted by Gasteiger charge is 2.22. The largest absolute Gasteiger partial charge is 0.207 e. The fourth-order valence-corrected chi connectivity index (χ4v) is 5.40. The Kier molecular flexibility index (Phi) is 3.13. The molecule has 0 saturated heterocycles. The second kappa shape index (κ2) is 4.71. The lowest BCUT2D eigenvalue weighted by Crippen LogP contribution is -2.39. The van der Waals surface area contributed by atoms with E-state index in [0.29, 0.717) is 0 Å². The molecule has 1 atom stereocenters. The second-order valence-electron chi connectivity index (χ2n) is 6.48. The Morgan fingerprint density at radius 2 is 1.65 bits per heavy atom. The minimum atomic E-state index is -1.28. The van der Waals surface area contributed by atoms with Crippen molar-refractivity contribution in [3.63, 3.8) is 0 Å². The molecule has 0 aliphatic carbocycles. The van der Waals surface area contributed by atoms with Crippen LogP contribution in [0.5, 0.6) is 0 Å². The van der Waals surface area contributed by atoms with Crippen molar-refractivity contribution in [3.05, 3.63) is 65.1 Å². The molecule has 1 heterocycles. The number of halogens is 1. The lowest BCUT2D eigenvalue weighted by Gasteiger charge is -2.20. The average molecular weight is 282 g/mol. The van der Waals surface area contributed by atoms with Gasteiger partial charge in [0.2, 0.25) is 0 Å². The maximum Gasteiger partial charge on any atom is 0.126 e. The molecule has 0 nitrogen and oxygen atoms in total. The van der Waals surface area contributed by atoms with Crippen molar-refractivity contribution in [1.82, 2.24) is 0 Å². The van der Waals surface area contributed by atoms with Gasteiger partial charge in [-0.25, -0.2) is 4.39 Å². The van der Waals surface area contributed by atoms with Gasteiger partial charge in [-0.3, -0.25) is 0 Å². The van der Waals surface area contributed by atoms with Gasteiger partial charge in [-0.1, -0.05) is 68.1 Å². The number of benzene rings is 2. The van der Waals surface area contributed by atoms with Gasteiger partial charge in [-0.05, 0) is 33.9 Å². The first-order valence-electron chi connectivity index (χ1n) is 7.03. The zero-order valence-corrected chi connectivity index (χ0v) is 13.3. The van der Waals surface area contributed by atoms with Crippen LogP contribution in [0.3, 0.4) is 0 Å². The van der Waals surface area contributed by atoms with E-state index in [4.69, 9.17) is 0 Å². The summed E-state index contributed by atoms with van der Waals surface area (Å²) in [5.41, 5.74) is 4.89. The summed E-state index contributed by atoms with van der Waals surface area (Å²) in [5, 5.41) is 2.73. The van der Waals surface area contributed by atoms with Crippen molar-refractivity contribution in [2.45, 2.75) is 26.2 Å². The van der Waals surface area contributed by atoms with Crippen LogP contribution in [0.4, 0.5) is 4.39 Å². The monoisotopic (exact) mass is 282 g/mol. The minimum Gasteiger partial charge on any atom is -0.207 e. The van der Waals surface area contributed by atoms with Crippen molar-refractivity contribution < 1.29 is 4.39 Å². The van der Waals surface area contributed by atoms with E-state index in [1.54, 1.807) is 12.1 Å². The maximum absolute atomic E-state index is 13.3. The molecule has 0 radical (unpaired) electrons. The van der Waals surface area contributed by atoms with E-state index in [2.05, 4.69) is 56.8 Å². The molecular formula is C18H19FSi. The third-order valence-electron chi connectivity index (χ3n) is 3.99. The summed E-state index contributed by atoms with van der Waals surface area (Å²) in [6.45, 7) is 6.69. The summed E-state index contributed by atoms with van der Waals surface area (Å²) >= 11 is 0. The first kappa shape index (κ1) is 13.3. The number of fused-ring (bicyclic) bond motifs is 1. The molecule has 0 aromatic heterocycles. The van der Waals surface area contributed by atoms with Gasteiger partial charge in [0.15, 0.2) is 0 Å². The highest BCUT2D eigenvalue weighted by Crippen LogP contribution is 2.21. The first-order valence-corrected chi connectivity index (χ1v) is 8.85. The average Bonchev–Trinajstić information content (AvgIpc) is 2.80. The van der Waals surface area contributed by atoms with E-state index in [1.807, 2.05) is 6.07 Å². The molecule has 0 N–H and O–H groups in total. The van der Waals surface area contributed by atoms with Crippen molar-refractivity contribution in [2.24, 2.45) is 0 Å². The first-order chi connectivity index (χ1) is 9.45. The molecule has 102 valence electrons.